The zero-order valence-electron chi connectivity index (χ0n) is 8.65. The van der Waals surface area contributed by atoms with Crippen molar-refractivity contribution in [3.05, 3.63) is 29.6 Å². The summed E-state index contributed by atoms with van der Waals surface area (Å²) in [4.78, 5) is 3.48. The minimum atomic E-state index is -4.47. The molecule has 3 nitrogen and oxygen atoms in total. The maximum absolute atomic E-state index is 12.2. The van der Waals surface area contributed by atoms with Crippen molar-refractivity contribution in [3.8, 4) is 0 Å². The van der Waals surface area contributed by atoms with E-state index in [1.807, 2.05) is 0 Å². The van der Waals surface area contributed by atoms with Gasteiger partial charge in [0.1, 0.15) is 6.10 Å². The van der Waals surface area contributed by atoms with Gasteiger partial charge >= 0.3 is 6.18 Å². The number of nitrogens with zero attached hydrogens (tertiary/aromatic N) is 1. The standard InChI is InChI=1S/C10H11ClF3NO2/c11-4-3-8(16)9(17)7-2-1-6(5-15-7)10(12,13)14/h1-2,5,8-9,16-17H,3-4H2. The van der Waals surface area contributed by atoms with E-state index < -0.39 is 23.9 Å². The molecule has 2 N–H and O–H groups in total. The van der Waals surface area contributed by atoms with Gasteiger partial charge in [-0.15, -0.1) is 11.6 Å². The van der Waals surface area contributed by atoms with Crippen LogP contribution in [0.1, 0.15) is 23.8 Å². The molecule has 1 aromatic heterocycles. The van der Waals surface area contributed by atoms with E-state index in [-0.39, 0.29) is 18.0 Å². The summed E-state index contributed by atoms with van der Waals surface area (Å²) in [5, 5.41) is 19.0. The van der Waals surface area contributed by atoms with E-state index in [0.717, 1.165) is 12.1 Å². The lowest BCUT2D eigenvalue weighted by atomic mass is 10.1. The van der Waals surface area contributed by atoms with Crippen LogP contribution in [0.4, 0.5) is 13.2 Å². The van der Waals surface area contributed by atoms with E-state index in [0.29, 0.717) is 6.20 Å². The third-order valence-corrected chi connectivity index (χ3v) is 2.40. The van der Waals surface area contributed by atoms with Crippen molar-refractivity contribution in [2.75, 3.05) is 5.88 Å². The monoisotopic (exact) mass is 269 g/mol. The lowest BCUT2D eigenvalue weighted by Crippen LogP contribution is -2.20. The second-order valence-corrected chi connectivity index (χ2v) is 3.84. The van der Waals surface area contributed by atoms with Crippen molar-refractivity contribution in [3.63, 3.8) is 0 Å². The Bertz CT molecular complexity index is 356. The van der Waals surface area contributed by atoms with Gasteiger partial charge < -0.3 is 10.2 Å². The molecule has 0 aliphatic heterocycles. The summed E-state index contributed by atoms with van der Waals surface area (Å²) in [6.45, 7) is 0. The summed E-state index contributed by atoms with van der Waals surface area (Å²) >= 11 is 5.37. The van der Waals surface area contributed by atoms with Gasteiger partial charge in [0.15, 0.2) is 0 Å². The fraction of sp³-hybridized carbons (Fsp3) is 0.500. The number of rotatable bonds is 4. The first-order chi connectivity index (χ1) is 7.86. The van der Waals surface area contributed by atoms with Gasteiger partial charge in [0.2, 0.25) is 0 Å². The highest BCUT2D eigenvalue weighted by molar-refractivity contribution is 6.17. The predicted octanol–water partition coefficient (Wildman–Crippen LogP) is 2.12. The third-order valence-electron chi connectivity index (χ3n) is 2.19. The Morgan fingerprint density at radius 1 is 1.29 bits per heavy atom. The molecule has 0 aliphatic carbocycles. The number of halogens is 4. The molecule has 1 aromatic rings. The summed E-state index contributed by atoms with van der Waals surface area (Å²) in [5.74, 6) is 0.138. The summed E-state index contributed by atoms with van der Waals surface area (Å²) in [6.07, 6.45) is -6.20. The predicted molar refractivity (Wildman–Crippen MR) is 55.5 cm³/mol. The van der Waals surface area contributed by atoms with Crippen LogP contribution < -0.4 is 0 Å². The molecule has 0 amide bonds. The highest BCUT2D eigenvalue weighted by atomic mass is 35.5. The van der Waals surface area contributed by atoms with E-state index in [1.54, 1.807) is 0 Å². The van der Waals surface area contributed by atoms with Gasteiger partial charge in [-0.05, 0) is 18.6 Å². The molecule has 0 saturated heterocycles. The average molecular weight is 270 g/mol. The van der Waals surface area contributed by atoms with Crippen LogP contribution in [0.15, 0.2) is 18.3 Å². The average Bonchev–Trinajstić information content (AvgIpc) is 2.27. The normalized spacial score (nSPS) is 15.6. The number of aromatic nitrogens is 1. The molecule has 1 rings (SSSR count). The highest BCUT2D eigenvalue weighted by Gasteiger charge is 2.31. The Kier molecular flexibility index (Phi) is 4.73. The Morgan fingerprint density at radius 3 is 2.35 bits per heavy atom. The van der Waals surface area contributed by atoms with Gasteiger partial charge in [0.05, 0.1) is 17.4 Å². The molecule has 0 aromatic carbocycles. The molecule has 1 heterocycles. The zero-order valence-corrected chi connectivity index (χ0v) is 9.41. The fourth-order valence-corrected chi connectivity index (χ4v) is 1.44. The molecule has 2 atom stereocenters. The summed E-state index contributed by atoms with van der Waals surface area (Å²) in [5.41, 5.74) is -0.920. The molecule has 0 radical (unpaired) electrons. The fourth-order valence-electron chi connectivity index (χ4n) is 1.21. The van der Waals surface area contributed by atoms with Gasteiger partial charge in [-0.2, -0.15) is 13.2 Å². The maximum atomic E-state index is 12.2. The molecule has 0 fully saturated rings. The molecule has 7 heteroatoms. The smallest absolute Gasteiger partial charge is 0.390 e. The molecular formula is C10H11ClF3NO2. The second kappa shape index (κ2) is 5.66. The Balaban J connectivity index is 2.80. The number of aliphatic hydroxyl groups excluding tert-OH is 2. The number of hydrogen-bond acceptors (Lipinski definition) is 3. The molecule has 0 spiro atoms. The second-order valence-electron chi connectivity index (χ2n) is 3.46. The summed E-state index contributed by atoms with van der Waals surface area (Å²) < 4.78 is 36.7. The van der Waals surface area contributed by atoms with Crippen LogP contribution >= 0.6 is 11.6 Å². The molecule has 2 unspecified atom stereocenters. The van der Waals surface area contributed by atoms with Crippen LogP contribution in [0, 0.1) is 0 Å². The van der Waals surface area contributed by atoms with Gasteiger partial charge in [-0.1, -0.05) is 0 Å². The summed E-state index contributed by atoms with van der Waals surface area (Å²) in [7, 11) is 0. The van der Waals surface area contributed by atoms with Crippen LogP contribution in [0.3, 0.4) is 0 Å². The SMILES string of the molecule is OC(CCCl)C(O)c1ccc(C(F)(F)F)cn1. The van der Waals surface area contributed by atoms with Crippen LogP contribution in [0.2, 0.25) is 0 Å². The van der Waals surface area contributed by atoms with Crippen molar-refractivity contribution in [1.29, 1.82) is 0 Å². The van der Waals surface area contributed by atoms with Gasteiger partial charge in [0, 0.05) is 12.1 Å². The molecule has 0 saturated carbocycles. The maximum Gasteiger partial charge on any atom is 0.417 e. The molecule has 0 aliphatic rings. The topological polar surface area (TPSA) is 53.4 Å². The van der Waals surface area contributed by atoms with E-state index in [9.17, 15) is 23.4 Å². The number of pyridine rings is 1. The molecule has 17 heavy (non-hydrogen) atoms. The Hall–Kier alpha value is -0.850. The number of alkyl halides is 4. The van der Waals surface area contributed by atoms with Crippen molar-refractivity contribution in [2.24, 2.45) is 0 Å². The zero-order chi connectivity index (χ0) is 13.1. The summed E-state index contributed by atoms with van der Waals surface area (Å²) in [6, 6.07) is 1.84. The highest BCUT2D eigenvalue weighted by Crippen LogP contribution is 2.29. The van der Waals surface area contributed by atoms with Gasteiger partial charge in [0.25, 0.3) is 0 Å². The van der Waals surface area contributed by atoms with Crippen LogP contribution in [0.25, 0.3) is 0 Å². The Labute approximate surface area is 101 Å². The van der Waals surface area contributed by atoms with E-state index in [1.165, 1.54) is 0 Å². The first-order valence-corrected chi connectivity index (χ1v) is 5.35. The van der Waals surface area contributed by atoms with Crippen molar-refractivity contribution in [1.82, 2.24) is 4.98 Å². The van der Waals surface area contributed by atoms with E-state index in [4.69, 9.17) is 11.6 Å². The molecular weight excluding hydrogens is 259 g/mol. The van der Waals surface area contributed by atoms with Crippen molar-refractivity contribution in [2.45, 2.75) is 24.8 Å². The third kappa shape index (κ3) is 3.83. The largest absolute Gasteiger partial charge is 0.417 e. The Morgan fingerprint density at radius 2 is 1.94 bits per heavy atom. The quantitative estimate of drug-likeness (QED) is 0.824. The number of hydrogen-bond donors (Lipinski definition) is 2. The minimum Gasteiger partial charge on any atom is -0.390 e. The minimum absolute atomic E-state index is 0.0179. The van der Waals surface area contributed by atoms with Crippen LogP contribution in [0.5, 0.6) is 0 Å². The van der Waals surface area contributed by atoms with E-state index in [2.05, 4.69) is 4.98 Å². The van der Waals surface area contributed by atoms with Crippen molar-refractivity contribution >= 4 is 11.6 Å². The van der Waals surface area contributed by atoms with Crippen LogP contribution in [-0.4, -0.2) is 27.2 Å². The number of aliphatic hydroxyl groups is 2. The van der Waals surface area contributed by atoms with Crippen molar-refractivity contribution < 1.29 is 23.4 Å². The first kappa shape index (κ1) is 14.2. The molecule has 96 valence electrons. The van der Waals surface area contributed by atoms with Crippen LogP contribution in [-0.2, 0) is 6.18 Å². The first-order valence-electron chi connectivity index (χ1n) is 4.81. The lowest BCUT2D eigenvalue weighted by Gasteiger charge is -2.16. The van der Waals surface area contributed by atoms with Gasteiger partial charge in [-0.3, -0.25) is 4.98 Å². The lowest BCUT2D eigenvalue weighted by molar-refractivity contribution is -0.137. The van der Waals surface area contributed by atoms with E-state index >= 15 is 0 Å². The van der Waals surface area contributed by atoms with Gasteiger partial charge in [-0.25, -0.2) is 0 Å². The molecule has 0 bridgehead atoms.